The zero-order chi connectivity index (χ0) is 26.2. The second-order valence-corrected chi connectivity index (χ2v) is 11.9. The van der Waals surface area contributed by atoms with Crippen LogP contribution in [-0.2, 0) is 21.4 Å². The average molecular weight is 563 g/mol. The number of sulfonamides is 1. The number of pyridine rings is 1. The van der Waals surface area contributed by atoms with E-state index in [1.54, 1.807) is 29.4 Å². The minimum absolute atomic E-state index is 0.00109. The van der Waals surface area contributed by atoms with E-state index in [1.807, 2.05) is 18.2 Å². The highest BCUT2D eigenvalue weighted by Gasteiger charge is 2.36. The van der Waals surface area contributed by atoms with Crippen molar-refractivity contribution in [3.8, 4) is 0 Å². The van der Waals surface area contributed by atoms with Crippen molar-refractivity contribution in [2.75, 3.05) is 18.0 Å². The molecule has 4 aromatic rings. The lowest BCUT2D eigenvalue weighted by Crippen LogP contribution is -2.44. The van der Waals surface area contributed by atoms with Gasteiger partial charge in [0.05, 0.1) is 16.3 Å². The van der Waals surface area contributed by atoms with Gasteiger partial charge in [0.15, 0.2) is 5.13 Å². The zero-order valence-electron chi connectivity index (χ0n) is 19.4. The van der Waals surface area contributed by atoms with E-state index in [0.717, 1.165) is 26.7 Å². The maximum absolute atomic E-state index is 14.2. The van der Waals surface area contributed by atoms with Gasteiger partial charge in [0.2, 0.25) is 15.9 Å². The van der Waals surface area contributed by atoms with Crippen LogP contribution >= 0.6 is 22.9 Å². The third kappa shape index (κ3) is 5.22. The van der Waals surface area contributed by atoms with Gasteiger partial charge in [0.25, 0.3) is 0 Å². The van der Waals surface area contributed by atoms with Crippen molar-refractivity contribution < 1.29 is 22.0 Å². The molecule has 2 aromatic heterocycles. The number of aromatic nitrogens is 2. The van der Waals surface area contributed by atoms with E-state index < -0.39 is 32.5 Å². The Hall–Kier alpha value is -2.99. The predicted octanol–water partition coefficient (Wildman–Crippen LogP) is 5.26. The Morgan fingerprint density at radius 2 is 1.92 bits per heavy atom. The number of carbonyl (C=O) groups is 1. The van der Waals surface area contributed by atoms with E-state index in [0.29, 0.717) is 21.7 Å². The van der Waals surface area contributed by atoms with Crippen LogP contribution in [0.2, 0.25) is 5.02 Å². The Morgan fingerprint density at radius 1 is 1.14 bits per heavy atom. The SMILES string of the molecule is O=C(C1CCN(S(=O)(=O)c2cc(F)ccc2F)CC1)N(Cc1cccnc1)c1nc2c(Cl)cccc2s1. The van der Waals surface area contributed by atoms with Gasteiger partial charge in [-0.15, -0.1) is 0 Å². The quantitative estimate of drug-likeness (QED) is 0.320. The van der Waals surface area contributed by atoms with Crippen molar-refractivity contribution >= 4 is 54.2 Å². The van der Waals surface area contributed by atoms with E-state index in [1.165, 1.54) is 11.3 Å². The largest absolute Gasteiger partial charge is 0.283 e. The van der Waals surface area contributed by atoms with Crippen LogP contribution in [0.1, 0.15) is 18.4 Å². The summed E-state index contributed by atoms with van der Waals surface area (Å²) in [5.74, 6) is -2.54. The normalized spacial score (nSPS) is 15.2. The topological polar surface area (TPSA) is 83.5 Å². The van der Waals surface area contributed by atoms with Crippen LogP contribution in [0.4, 0.5) is 13.9 Å². The fourth-order valence-electron chi connectivity index (χ4n) is 4.31. The molecule has 2 aromatic carbocycles. The molecule has 0 saturated carbocycles. The maximum Gasteiger partial charge on any atom is 0.246 e. The summed E-state index contributed by atoms with van der Waals surface area (Å²) in [6.45, 7) is 0.235. The van der Waals surface area contributed by atoms with Gasteiger partial charge in [0.1, 0.15) is 22.0 Å². The molecular formula is C25H21ClF2N4O3S2. The average Bonchev–Trinajstić information content (AvgIpc) is 3.34. The van der Waals surface area contributed by atoms with Crippen LogP contribution in [0.5, 0.6) is 0 Å². The molecule has 0 atom stereocenters. The molecule has 0 unspecified atom stereocenters. The van der Waals surface area contributed by atoms with Gasteiger partial charge in [0, 0.05) is 31.4 Å². The Balaban J connectivity index is 1.38. The second kappa shape index (κ2) is 10.4. The minimum Gasteiger partial charge on any atom is -0.283 e. The van der Waals surface area contributed by atoms with Gasteiger partial charge < -0.3 is 0 Å². The monoisotopic (exact) mass is 562 g/mol. The summed E-state index contributed by atoms with van der Waals surface area (Å²) < 4.78 is 55.7. The summed E-state index contributed by atoms with van der Waals surface area (Å²) in [7, 11) is -4.25. The molecule has 12 heteroatoms. The molecule has 1 saturated heterocycles. The fraction of sp³-hybridized carbons (Fsp3) is 0.240. The number of piperidine rings is 1. The van der Waals surface area contributed by atoms with Crippen molar-refractivity contribution in [2.45, 2.75) is 24.3 Å². The number of amides is 1. The number of anilines is 1. The maximum atomic E-state index is 14.2. The number of halogens is 3. The minimum atomic E-state index is -4.25. The van der Waals surface area contributed by atoms with Crippen molar-refractivity contribution in [3.63, 3.8) is 0 Å². The van der Waals surface area contributed by atoms with Crippen molar-refractivity contribution in [3.05, 3.63) is 83.1 Å². The van der Waals surface area contributed by atoms with Gasteiger partial charge in [-0.2, -0.15) is 4.31 Å². The number of rotatable bonds is 6. The predicted molar refractivity (Wildman–Crippen MR) is 138 cm³/mol. The first kappa shape index (κ1) is 25.7. The molecule has 7 nitrogen and oxygen atoms in total. The summed E-state index contributed by atoms with van der Waals surface area (Å²) >= 11 is 7.65. The third-order valence-electron chi connectivity index (χ3n) is 6.23. The zero-order valence-corrected chi connectivity index (χ0v) is 21.7. The second-order valence-electron chi connectivity index (χ2n) is 8.62. The third-order valence-corrected chi connectivity index (χ3v) is 9.50. The number of nitrogens with zero attached hydrogens (tertiary/aromatic N) is 4. The first-order chi connectivity index (χ1) is 17.7. The van der Waals surface area contributed by atoms with E-state index >= 15 is 0 Å². The van der Waals surface area contributed by atoms with Crippen LogP contribution in [0.3, 0.4) is 0 Å². The lowest BCUT2D eigenvalue weighted by Gasteiger charge is -2.33. The Labute approximate surface area is 221 Å². The smallest absolute Gasteiger partial charge is 0.246 e. The van der Waals surface area contributed by atoms with Crippen molar-refractivity contribution in [2.24, 2.45) is 5.92 Å². The Kier molecular flexibility index (Phi) is 7.21. The number of benzene rings is 2. The lowest BCUT2D eigenvalue weighted by atomic mass is 9.96. The molecule has 5 rings (SSSR count). The highest BCUT2D eigenvalue weighted by Crippen LogP contribution is 2.35. The van der Waals surface area contributed by atoms with Gasteiger partial charge in [-0.1, -0.05) is 35.1 Å². The number of hydrogen-bond acceptors (Lipinski definition) is 6. The molecule has 37 heavy (non-hydrogen) atoms. The number of carbonyl (C=O) groups excluding carboxylic acids is 1. The summed E-state index contributed by atoms with van der Waals surface area (Å²) in [4.78, 5) is 23.4. The number of para-hydroxylation sites is 1. The molecule has 0 bridgehead atoms. The van der Waals surface area contributed by atoms with Crippen molar-refractivity contribution in [1.29, 1.82) is 0 Å². The molecule has 1 aliphatic rings. The first-order valence-electron chi connectivity index (χ1n) is 11.4. The molecule has 1 fully saturated rings. The standard InChI is InChI=1S/C25H21ClF2N4O3S2/c26-19-4-1-5-21-23(19)30-25(36-21)32(15-16-3-2-10-29-14-16)24(33)17-8-11-31(12-9-17)37(34,35)22-13-18(27)6-7-20(22)28/h1-7,10,13-14,17H,8-9,11-12,15H2. The van der Waals surface area contributed by atoms with Crippen molar-refractivity contribution in [1.82, 2.24) is 14.3 Å². The van der Waals surface area contributed by atoms with Crippen LogP contribution < -0.4 is 4.90 Å². The highest BCUT2D eigenvalue weighted by atomic mass is 35.5. The molecule has 0 aliphatic carbocycles. The molecule has 3 heterocycles. The fourth-order valence-corrected chi connectivity index (χ4v) is 7.13. The lowest BCUT2D eigenvalue weighted by molar-refractivity contribution is -0.123. The van der Waals surface area contributed by atoms with E-state index in [2.05, 4.69) is 9.97 Å². The van der Waals surface area contributed by atoms with Gasteiger partial charge in [-0.05, 0) is 54.8 Å². The highest BCUT2D eigenvalue weighted by molar-refractivity contribution is 7.89. The molecule has 0 N–H and O–H groups in total. The van der Waals surface area contributed by atoms with Crippen LogP contribution in [0, 0.1) is 17.6 Å². The van der Waals surface area contributed by atoms with Crippen LogP contribution in [-0.4, -0.2) is 41.7 Å². The number of thiazole rings is 1. The Morgan fingerprint density at radius 3 is 2.62 bits per heavy atom. The summed E-state index contributed by atoms with van der Waals surface area (Å²) in [6.07, 6.45) is 3.77. The number of fused-ring (bicyclic) bond motifs is 1. The first-order valence-corrected chi connectivity index (χ1v) is 14.1. The molecule has 192 valence electrons. The summed E-state index contributed by atoms with van der Waals surface area (Å²) in [5.41, 5.74) is 1.41. The van der Waals surface area contributed by atoms with Crippen LogP contribution in [0.15, 0.2) is 65.8 Å². The van der Waals surface area contributed by atoms with Crippen LogP contribution in [0.25, 0.3) is 10.2 Å². The summed E-state index contributed by atoms with van der Waals surface area (Å²) in [6, 6.07) is 11.4. The number of hydrogen-bond donors (Lipinski definition) is 0. The Bertz CT molecular complexity index is 1560. The summed E-state index contributed by atoms with van der Waals surface area (Å²) in [5, 5.41) is 0.964. The van der Waals surface area contributed by atoms with Gasteiger partial charge >= 0.3 is 0 Å². The molecule has 0 radical (unpaired) electrons. The van der Waals surface area contributed by atoms with E-state index in [-0.39, 0.29) is 38.4 Å². The molecular weight excluding hydrogens is 542 g/mol. The molecule has 1 amide bonds. The molecule has 0 spiro atoms. The van der Waals surface area contributed by atoms with Gasteiger partial charge in [-0.3, -0.25) is 14.7 Å². The molecule has 1 aliphatic heterocycles. The van der Waals surface area contributed by atoms with Gasteiger partial charge in [-0.25, -0.2) is 22.2 Å². The van der Waals surface area contributed by atoms with E-state index in [4.69, 9.17) is 11.6 Å². The van der Waals surface area contributed by atoms with E-state index in [9.17, 15) is 22.0 Å².